The van der Waals surface area contributed by atoms with E-state index in [1.165, 1.54) is 4.90 Å². The van der Waals surface area contributed by atoms with Crippen molar-refractivity contribution in [3.8, 4) is 0 Å². The number of hydrogen-bond donors (Lipinski definition) is 4. The Kier molecular flexibility index (Phi) is 6.87. The minimum Gasteiger partial charge on any atom is -0.444 e. The van der Waals surface area contributed by atoms with Crippen LogP contribution in [-0.4, -0.2) is 39.4 Å². The van der Waals surface area contributed by atoms with Crippen molar-refractivity contribution in [2.45, 2.75) is 32.3 Å². The molecule has 9 nitrogen and oxygen atoms in total. The maximum Gasteiger partial charge on any atom is 0.416 e. The number of carbonyl (C=O) groups is 2. The monoisotopic (exact) mass is 448 g/mol. The molecule has 2 heterocycles. The Balaban J connectivity index is 1.28. The van der Waals surface area contributed by atoms with Crippen molar-refractivity contribution in [1.82, 2.24) is 14.9 Å². The van der Waals surface area contributed by atoms with Gasteiger partial charge in [0.25, 0.3) is 0 Å². The van der Waals surface area contributed by atoms with Gasteiger partial charge < -0.3 is 20.8 Å². The topological polar surface area (TPSA) is 137 Å². The zero-order valence-electron chi connectivity index (χ0n) is 18.3. The molecule has 9 heteroatoms. The average molecular weight is 449 g/mol. The van der Waals surface area contributed by atoms with Gasteiger partial charge in [-0.25, -0.2) is 14.7 Å². The second kappa shape index (κ2) is 10.2. The van der Waals surface area contributed by atoms with Gasteiger partial charge in [0.15, 0.2) is 5.96 Å². The molecule has 0 atom stereocenters. The Hall–Kier alpha value is -3.88. The molecule has 1 aliphatic carbocycles. The van der Waals surface area contributed by atoms with Gasteiger partial charge in [-0.3, -0.25) is 10.2 Å². The Morgan fingerprint density at radius 3 is 2.64 bits per heavy atom. The van der Waals surface area contributed by atoms with Crippen LogP contribution < -0.4 is 11.1 Å². The van der Waals surface area contributed by atoms with Crippen molar-refractivity contribution in [3.63, 3.8) is 0 Å². The fourth-order valence-electron chi connectivity index (χ4n) is 4.24. The van der Waals surface area contributed by atoms with Gasteiger partial charge in [-0.05, 0) is 49.3 Å². The van der Waals surface area contributed by atoms with E-state index in [-0.39, 0.29) is 30.3 Å². The van der Waals surface area contributed by atoms with Gasteiger partial charge in [0, 0.05) is 30.2 Å². The number of benzene rings is 1. The molecule has 1 aromatic carbocycles. The predicted molar refractivity (Wildman–Crippen MR) is 125 cm³/mol. The van der Waals surface area contributed by atoms with Crippen molar-refractivity contribution in [1.29, 1.82) is 5.41 Å². The number of amides is 2. The van der Waals surface area contributed by atoms with Gasteiger partial charge in [-0.15, -0.1) is 0 Å². The third kappa shape index (κ3) is 5.49. The molecule has 0 aliphatic heterocycles. The number of ether oxygens (including phenoxy) is 1. The highest BCUT2D eigenvalue weighted by atomic mass is 16.6. The lowest BCUT2D eigenvalue weighted by molar-refractivity contribution is -0.121. The summed E-state index contributed by atoms with van der Waals surface area (Å²) in [7, 11) is 0. The number of fused-ring (bicyclic) bond motifs is 1. The average Bonchev–Trinajstić information content (AvgIpc) is 3.32. The Labute approximate surface area is 191 Å². The molecule has 3 aromatic rings. The second-order valence-electron chi connectivity index (χ2n) is 8.34. The first-order valence-corrected chi connectivity index (χ1v) is 11.1. The van der Waals surface area contributed by atoms with Crippen LogP contribution in [0.4, 0.5) is 10.5 Å². The van der Waals surface area contributed by atoms with Crippen LogP contribution in [0.2, 0.25) is 0 Å². The van der Waals surface area contributed by atoms with Crippen LogP contribution in [0.1, 0.15) is 31.2 Å². The standard InChI is InChI=1S/C24H28N6O3/c25-23(26)30(24(32)33-15-17-4-2-1-3-5-17)14-16-6-8-18(9-7-16)22(31)29-20-11-13-28-21-19(20)10-12-27-21/h1-5,10-13,16,18H,6-9,14-15H2,(H3,25,26)(H2,27,28,29,31)/t16-,18-. The van der Waals surface area contributed by atoms with E-state index in [1.54, 1.807) is 18.5 Å². The van der Waals surface area contributed by atoms with Gasteiger partial charge in [0.2, 0.25) is 5.91 Å². The number of H-pyrrole nitrogens is 1. The number of rotatable bonds is 6. The number of nitrogens with zero attached hydrogens (tertiary/aromatic N) is 2. The van der Waals surface area contributed by atoms with Gasteiger partial charge >= 0.3 is 6.09 Å². The van der Waals surface area contributed by atoms with Crippen LogP contribution in [0.3, 0.4) is 0 Å². The first-order chi connectivity index (χ1) is 16.0. The Bertz CT molecular complexity index is 1120. The third-order valence-electron chi connectivity index (χ3n) is 6.09. The number of aromatic nitrogens is 2. The smallest absolute Gasteiger partial charge is 0.416 e. The maximum absolute atomic E-state index is 12.8. The van der Waals surface area contributed by atoms with E-state index in [0.717, 1.165) is 35.1 Å². The highest BCUT2D eigenvalue weighted by molar-refractivity contribution is 6.01. The lowest BCUT2D eigenvalue weighted by Gasteiger charge is -2.31. The zero-order valence-corrected chi connectivity index (χ0v) is 18.3. The summed E-state index contributed by atoms with van der Waals surface area (Å²) in [6, 6.07) is 13.1. The summed E-state index contributed by atoms with van der Waals surface area (Å²) in [5.41, 5.74) is 8.01. The molecule has 1 fully saturated rings. The minimum atomic E-state index is -0.626. The van der Waals surface area contributed by atoms with Gasteiger partial charge in [-0.2, -0.15) is 0 Å². The van der Waals surface area contributed by atoms with E-state index in [1.807, 2.05) is 36.4 Å². The van der Waals surface area contributed by atoms with Crippen molar-refractivity contribution >= 4 is 34.7 Å². The van der Waals surface area contributed by atoms with E-state index in [0.29, 0.717) is 19.4 Å². The lowest BCUT2D eigenvalue weighted by atomic mass is 9.81. The number of nitrogens with two attached hydrogens (primary N) is 1. The molecule has 0 bridgehead atoms. The van der Waals surface area contributed by atoms with Crippen LogP contribution >= 0.6 is 0 Å². The molecule has 2 aromatic heterocycles. The number of guanidine groups is 1. The molecule has 0 unspecified atom stereocenters. The largest absolute Gasteiger partial charge is 0.444 e. The number of carbonyl (C=O) groups excluding carboxylic acids is 2. The summed E-state index contributed by atoms with van der Waals surface area (Å²) >= 11 is 0. The highest BCUT2D eigenvalue weighted by Crippen LogP contribution is 2.31. The molecular weight excluding hydrogens is 420 g/mol. The lowest BCUT2D eigenvalue weighted by Crippen LogP contribution is -2.45. The molecule has 0 radical (unpaired) electrons. The minimum absolute atomic E-state index is 0.00663. The van der Waals surface area contributed by atoms with E-state index >= 15 is 0 Å². The maximum atomic E-state index is 12.8. The highest BCUT2D eigenvalue weighted by Gasteiger charge is 2.30. The van der Waals surface area contributed by atoms with E-state index in [4.69, 9.17) is 15.9 Å². The summed E-state index contributed by atoms with van der Waals surface area (Å²) in [6.07, 6.45) is 5.79. The molecule has 172 valence electrons. The van der Waals surface area contributed by atoms with Crippen molar-refractivity contribution in [3.05, 3.63) is 60.4 Å². The molecule has 1 saturated carbocycles. The fourth-order valence-corrected chi connectivity index (χ4v) is 4.24. The van der Waals surface area contributed by atoms with Crippen molar-refractivity contribution in [2.75, 3.05) is 11.9 Å². The quantitative estimate of drug-likeness (QED) is 0.335. The number of nitrogens with one attached hydrogen (secondary N) is 3. The molecule has 4 rings (SSSR count). The first kappa shape index (κ1) is 22.3. The Morgan fingerprint density at radius 2 is 1.91 bits per heavy atom. The van der Waals surface area contributed by atoms with E-state index in [9.17, 15) is 9.59 Å². The fraction of sp³-hybridized carbons (Fsp3) is 0.333. The van der Waals surface area contributed by atoms with Gasteiger partial charge in [0.1, 0.15) is 12.3 Å². The molecule has 5 N–H and O–H groups in total. The first-order valence-electron chi connectivity index (χ1n) is 11.1. The number of hydrogen-bond acceptors (Lipinski definition) is 5. The zero-order chi connectivity index (χ0) is 23.2. The van der Waals surface area contributed by atoms with Crippen LogP contribution in [0.25, 0.3) is 11.0 Å². The predicted octanol–water partition coefficient (Wildman–Crippen LogP) is 3.84. The van der Waals surface area contributed by atoms with E-state index < -0.39 is 6.09 Å². The van der Waals surface area contributed by atoms with Crippen LogP contribution in [0.5, 0.6) is 0 Å². The van der Waals surface area contributed by atoms with Crippen molar-refractivity contribution < 1.29 is 14.3 Å². The summed E-state index contributed by atoms with van der Waals surface area (Å²) in [5.74, 6) is -0.285. The second-order valence-corrected chi connectivity index (χ2v) is 8.34. The molecule has 2 amide bonds. The van der Waals surface area contributed by atoms with E-state index in [2.05, 4.69) is 15.3 Å². The number of anilines is 1. The van der Waals surface area contributed by atoms with Crippen LogP contribution in [-0.2, 0) is 16.1 Å². The SMILES string of the molecule is N=C(N)N(C[C@H]1CC[C@H](C(=O)Nc2ccnc3[nH]ccc23)CC1)C(=O)OCc1ccccc1. The summed E-state index contributed by atoms with van der Waals surface area (Å²) in [6.45, 7) is 0.436. The van der Waals surface area contributed by atoms with Crippen molar-refractivity contribution in [2.24, 2.45) is 17.6 Å². The Morgan fingerprint density at radius 1 is 1.15 bits per heavy atom. The van der Waals surface area contributed by atoms with Gasteiger partial charge in [0.05, 0.1) is 5.69 Å². The summed E-state index contributed by atoms with van der Waals surface area (Å²) in [4.78, 5) is 33.8. The molecular formula is C24H28N6O3. The van der Waals surface area contributed by atoms with Gasteiger partial charge in [-0.1, -0.05) is 30.3 Å². The third-order valence-corrected chi connectivity index (χ3v) is 6.09. The normalized spacial score (nSPS) is 17.9. The number of aromatic amines is 1. The summed E-state index contributed by atoms with van der Waals surface area (Å²) < 4.78 is 5.34. The molecule has 0 saturated heterocycles. The summed E-state index contributed by atoms with van der Waals surface area (Å²) in [5, 5.41) is 11.7. The molecule has 0 spiro atoms. The number of pyridine rings is 1. The molecule has 33 heavy (non-hydrogen) atoms. The molecule has 1 aliphatic rings. The van der Waals surface area contributed by atoms with Crippen LogP contribution in [0, 0.1) is 17.2 Å². The van der Waals surface area contributed by atoms with Crippen LogP contribution in [0.15, 0.2) is 54.9 Å².